The fourth-order valence-electron chi connectivity index (χ4n) is 2.26. The second kappa shape index (κ2) is 6.72. The Bertz CT molecular complexity index is 987. The van der Waals surface area contributed by atoms with Gasteiger partial charge >= 0.3 is 5.63 Å². The summed E-state index contributed by atoms with van der Waals surface area (Å²) in [5.74, 6) is 0.0621. The molecule has 0 saturated carbocycles. The maximum absolute atomic E-state index is 12.4. The average Bonchev–Trinajstić information content (AvgIpc) is 2.61. The number of carbonyl (C=O) groups is 1. The molecule has 1 aromatic heterocycles. The van der Waals surface area contributed by atoms with Crippen LogP contribution in [0.5, 0.6) is 5.75 Å². The van der Waals surface area contributed by atoms with Crippen molar-refractivity contribution in [1.82, 2.24) is 0 Å². The van der Waals surface area contributed by atoms with Gasteiger partial charge in [-0.05, 0) is 23.8 Å². The number of rotatable bonds is 4. The number of ketones is 1. The van der Waals surface area contributed by atoms with Crippen LogP contribution in [0.3, 0.4) is 0 Å². The zero-order chi connectivity index (χ0) is 17.1. The summed E-state index contributed by atoms with van der Waals surface area (Å²) in [6, 6.07) is 15.6. The Hall–Kier alpha value is -2.85. The second-order valence-corrected chi connectivity index (χ2v) is 5.48. The van der Waals surface area contributed by atoms with Crippen molar-refractivity contribution in [2.24, 2.45) is 0 Å². The third-order valence-corrected chi connectivity index (χ3v) is 3.84. The fourth-order valence-corrected chi connectivity index (χ4v) is 2.49. The average molecular weight is 341 g/mol. The van der Waals surface area contributed by atoms with E-state index >= 15 is 0 Å². The van der Waals surface area contributed by atoms with Crippen LogP contribution in [0.15, 0.2) is 69.9 Å². The highest BCUT2D eigenvalue weighted by molar-refractivity contribution is 6.50. The first-order chi connectivity index (χ1) is 11.6. The topological polar surface area (TPSA) is 56.5 Å². The lowest BCUT2D eigenvalue weighted by Crippen LogP contribution is -2.12. The molecule has 0 bridgehead atoms. The Morgan fingerprint density at radius 3 is 2.58 bits per heavy atom. The Morgan fingerprint density at radius 2 is 1.88 bits per heavy atom. The molecule has 2 aromatic carbocycles. The van der Waals surface area contributed by atoms with Gasteiger partial charge < -0.3 is 9.15 Å². The first-order valence-corrected chi connectivity index (χ1v) is 7.55. The number of allylic oxidation sites excluding steroid dienone is 1. The zero-order valence-corrected chi connectivity index (χ0v) is 13.5. The Morgan fingerprint density at radius 1 is 1.12 bits per heavy atom. The minimum Gasteiger partial charge on any atom is -0.497 e. The molecule has 3 aromatic rings. The van der Waals surface area contributed by atoms with Crippen molar-refractivity contribution in [2.45, 2.75) is 0 Å². The maximum atomic E-state index is 12.4. The number of hydrogen-bond donors (Lipinski definition) is 0. The molecule has 0 aliphatic rings. The first kappa shape index (κ1) is 16.0. The Balaban J connectivity index is 2.01. The highest BCUT2D eigenvalue weighted by atomic mass is 35.5. The lowest BCUT2D eigenvalue weighted by molar-refractivity contribution is 0.104. The van der Waals surface area contributed by atoms with Gasteiger partial charge in [-0.15, -0.1) is 0 Å². The largest absolute Gasteiger partial charge is 0.497 e. The molecule has 24 heavy (non-hydrogen) atoms. The summed E-state index contributed by atoms with van der Waals surface area (Å²) in [5.41, 5.74) is 0.271. The van der Waals surface area contributed by atoms with Crippen LogP contribution >= 0.6 is 11.6 Å². The second-order valence-electron chi connectivity index (χ2n) is 5.07. The molecule has 1 heterocycles. The third kappa shape index (κ3) is 3.24. The van der Waals surface area contributed by atoms with E-state index in [-0.39, 0.29) is 10.6 Å². The van der Waals surface area contributed by atoms with Gasteiger partial charge in [0, 0.05) is 17.5 Å². The van der Waals surface area contributed by atoms with Gasteiger partial charge in [0.2, 0.25) is 0 Å². The summed E-state index contributed by atoms with van der Waals surface area (Å²) < 4.78 is 10.3. The van der Waals surface area contributed by atoms with Crippen LogP contribution in [0.4, 0.5) is 0 Å². The zero-order valence-electron chi connectivity index (χ0n) is 12.8. The molecule has 0 saturated heterocycles. The van der Waals surface area contributed by atoms with E-state index in [1.807, 2.05) is 18.2 Å². The predicted molar refractivity (Wildman–Crippen MR) is 93.6 cm³/mol. The predicted octanol–water partition coefficient (Wildman–Crippen LogP) is 4.26. The van der Waals surface area contributed by atoms with Gasteiger partial charge in [-0.3, -0.25) is 4.79 Å². The number of carbonyl (C=O) groups excluding carboxylic acids is 1. The molecule has 0 spiro atoms. The summed E-state index contributed by atoms with van der Waals surface area (Å²) in [5, 5.41) is 0.887. The summed E-state index contributed by atoms with van der Waals surface area (Å²) in [6.07, 6.45) is 1.22. The maximum Gasteiger partial charge on any atom is 0.347 e. The van der Waals surface area contributed by atoms with Gasteiger partial charge in [0.05, 0.1) is 12.1 Å². The molecule has 0 radical (unpaired) electrons. The van der Waals surface area contributed by atoms with Gasteiger partial charge in [0.25, 0.3) is 0 Å². The minimum absolute atomic E-state index is 0.0678. The van der Waals surface area contributed by atoms with Gasteiger partial charge in [0.1, 0.15) is 16.9 Å². The lowest BCUT2D eigenvalue weighted by Gasteiger charge is -2.03. The number of hydrogen-bond acceptors (Lipinski definition) is 4. The number of methoxy groups -OCH3 is 1. The van der Waals surface area contributed by atoms with Crippen molar-refractivity contribution in [3.8, 4) is 5.75 Å². The quantitative estimate of drug-likeness (QED) is 0.404. The molecule has 0 aliphatic carbocycles. The van der Waals surface area contributed by atoms with Crippen LogP contribution in [0, 0.1) is 0 Å². The molecule has 0 unspecified atom stereocenters. The monoisotopic (exact) mass is 340 g/mol. The van der Waals surface area contributed by atoms with E-state index in [1.54, 1.807) is 30.3 Å². The summed E-state index contributed by atoms with van der Waals surface area (Å²) in [7, 11) is 1.52. The molecule has 3 rings (SSSR count). The summed E-state index contributed by atoms with van der Waals surface area (Å²) in [6.45, 7) is 0. The normalized spacial score (nSPS) is 11.5. The standard InChI is InChI=1S/C19H13ClO4/c1-23-14-8-7-13-9-15(19(22)24-18(13)10-14)17(21)11-16(20)12-5-3-2-4-6-12/h2-11H,1H3. The molecular formula is C19H13ClO4. The first-order valence-electron chi connectivity index (χ1n) is 7.17. The van der Waals surface area contributed by atoms with E-state index in [9.17, 15) is 9.59 Å². The highest BCUT2D eigenvalue weighted by Gasteiger charge is 2.13. The van der Waals surface area contributed by atoms with Crippen LogP contribution in [-0.2, 0) is 0 Å². The summed E-state index contributed by atoms with van der Waals surface area (Å²) in [4.78, 5) is 24.5. The van der Waals surface area contributed by atoms with E-state index in [0.29, 0.717) is 22.3 Å². The fraction of sp³-hybridized carbons (Fsp3) is 0.0526. The third-order valence-electron chi connectivity index (χ3n) is 3.52. The van der Waals surface area contributed by atoms with Crippen LogP contribution in [-0.4, -0.2) is 12.9 Å². The van der Waals surface area contributed by atoms with Crippen LogP contribution in [0.1, 0.15) is 15.9 Å². The van der Waals surface area contributed by atoms with Crippen LogP contribution in [0.25, 0.3) is 16.0 Å². The molecule has 0 aliphatic heterocycles. The molecular weight excluding hydrogens is 328 g/mol. The van der Waals surface area contributed by atoms with Crippen molar-refractivity contribution >= 4 is 33.4 Å². The Labute approximate surface area is 142 Å². The van der Waals surface area contributed by atoms with E-state index < -0.39 is 11.4 Å². The van der Waals surface area contributed by atoms with Crippen molar-refractivity contribution in [3.63, 3.8) is 0 Å². The number of fused-ring (bicyclic) bond motifs is 1. The molecule has 0 amide bonds. The number of ether oxygens (including phenoxy) is 1. The number of benzene rings is 2. The number of halogens is 1. The smallest absolute Gasteiger partial charge is 0.347 e. The molecule has 4 nitrogen and oxygen atoms in total. The van der Waals surface area contributed by atoms with E-state index in [2.05, 4.69) is 0 Å². The summed E-state index contributed by atoms with van der Waals surface area (Å²) >= 11 is 6.15. The van der Waals surface area contributed by atoms with E-state index in [4.69, 9.17) is 20.8 Å². The SMILES string of the molecule is COc1ccc2cc(C(=O)C=C(Cl)c3ccccc3)c(=O)oc2c1. The van der Waals surface area contributed by atoms with Gasteiger partial charge in [-0.2, -0.15) is 0 Å². The Kier molecular flexibility index (Phi) is 4.49. The van der Waals surface area contributed by atoms with Crippen molar-refractivity contribution in [3.05, 3.63) is 82.2 Å². The molecule has 0 N–H and O–H groups in total. The van der Waals surface area contributed by atoms with Crippen molar-refractivity contribution < 1.29 is 13.9 Å². The van der Waals surface area contributed by atoms with Gasteiger partial charge in [0.15, 0.2) is 5.78 Å². The van der Waals surface area contributed by atoms with Gasteiger partial charge in [-0.25, -0.2) is 4.79 Å². The lowest BCUT2D eigenvalue weighted by atomic mass is 10.1. The molecule has 5 heteroatoms. The molecule has 0 fully saturated rings. The van der Waals surface area contributed by atoms with E-state index in [1.165, 1.54) is 19.3 Å². The van der Waals surface area contributed by atoms with Gasteiger partial charge in [-0.1, -0.05) is 41.9 Å². The highest BCUT2D eigenvalue weighted by Crippen LogP contribution is 2.22. The minimum atomic E-state index is -0.713. The van der Waals surface area contributed by atoms with Crippen LogP contribution < -0.4 is 10.4 Å². The van der Waals surface area contributed by atoms with Crippen molar-refractivity contribution in [1.29, 1.82) is 0 Å². The van der Waals surface area contributed by atoms with Crippen LogP contribution in [0.2, 0.25) is 0 Å². The molecule has 0 atom stereocenters. The van der Waals surface area contributed by atoms with Crippen molar-refractivity contribution in [2.75, 3.05) is 7.11 Å². The van der Waals surface area contributed by atoms with E-state index in [0.717, 1.165) is 0 Å². The molecule has 120 valence electrons.